The number of hydrogen-bond donors (Lipinski definition) is 0. The lowest BCUT2D eigenvalue weighted by atomic mass is 10.1. The van der Waals surface area contributed by atoms with Gasteiger partial charge in [0.25, 0.3) is 0 Å². The van der Waals surface area contributed by atoms with E-state index in [0.29, 0.717) is 6.42 Å². The second kappa shape index (κ2) is 6.80. The number of hydrogen-bond acceptors (Lipinski definition) is 3. The molecule has 0 unspecified atom stereocenters. The molecule has 3 rings (SSSR count). The Kier molecular flexibility index (Phi) is 4.39. The molecule has 2 aromatic rings. The van der Waals surface area contributed by atoms with Crippen molar-refractivity contribution in [3.05, 3.63) is 71.8 Å². The van der Waals surface area contributed by atoms with Crippen molar-refractivity contribution in [1.29, 1.82) is 0 Å². The normalized spacial score (nSPS) is 16.4. The van der Waals surface area contributed by atoms with E-state index in [1.807, 2.05) is 60.7 Å². The highest BCUT2D eigenvalue weighted by Gasteiger charge is 2.37. The van der Waals surface area contributed by atoms with E-state index in [0.717, 1.165) is 16.0 Å². The molecule has 1 saturated heterocycles. The summed E-state index contributed by atoms with van der Waals surface area (Å²) in [6.07, 6.45) is -0.0657. The molecule has 0 spiro atoms. The smallest absolute Gasteiger partial charge is 0.417 e. The molecule has 0 N–H and O–H groups in total. The van der Waals surface area contributed by atoms with Crippen molar-refractivity contribution in [2.75, 3.05) is 6.61 Å². The first kappa shape index (κ1) is 14.9. The number of benzene rings is 2. The Morgan fingerprint density at radius 3 is 2.43 bits per heavy atom. The molecule has 0 radical (unpaired) electrons. The summed E-state index contributed by atoms with van der Waals surface area (Å²) in [5.74, 6) is 4.77. The first-order valence-electron chi connectivity index (χ1n) is 7.35. The van der Waals surface area contributed by atoms with Gasteiger partial charge in [-0.15, -0.1) is 0 Å². The van der Waals surface area contributed by atoms with Crippen LogP contribution >= 0.6 is 0 Å². The van der Waals surface area contributed by atoms with Crippen molar-refractivity contribution < 1.29 is 14.3 Å². The van der Waals surface area contributed by atoms with Gasteiger partial charge in [0.15, 0.2) is 0 Å². The molecule has 0 aromatic heterocycles. The minimum Gasteiger partial charge on any atom is -0.447 e. The molecule has 1 aliphatic heterocycles. The highest BCUT2D eigenvalue weighted by molar-refractivity contribution is 6.04. The third-order valence-electron chi connectivity index (χ3n) is 3.58. The topological polar surface area (TPSA) is 46.6 Å². The van der Waals surface area contributed by atoms with Crippen LogP contribution in [-0.4, -0.2) is 29.5 Å². The van der Waals surface area contributed by atoms with Gasteiger partial charge in [0.1, 0.15) is 6.61 Å². The van der Waals surface area contributed by atoms with Crippen molar-refractivity contribution >= 4 is 12.0 Å². The summed E-state index contributed by atoms with van der Waals surface area (Å²) in [4.78, 5) is 25.2. The molecule has 2 amide bonds. The fraction of sp³-hybridized carbons (Fsp3) is 0.158. The molecule has 1 aliphatic rings. The Hall–Kier alpha value is -3.06. The van der Waals surface area contributed by atoms with Gasteiger partial charge < -0.3 is 4.74 Å². The fourth-order valence-electron chi connectivity index (χ4n) is 2.45. The second-order valence-corrected chi connectivity index (χ2v) is 5.21. The van der Waals surface area contributed by atoms with Crippen LogP contribution in [0.2, 0.25) is 0 Å². The third kappa shape index (κ3) is 3.58. The molecule has 2 aromatic carbocycles. The molecule has 0 aliphatic carbocycles. The lowest BCUT2D eigenvalue weighted by Gasteiger charge is -2.16. The second-order valence-electron chi connectivity index (χ2n) is 5.21. The first-order chi connectivity index (χ1) is 11.2. The molecule has 4 heteroatoms. The van der Waals surface area contributed by atoms with Crippen LogP contribution in [0.1, 0.15) is 11.1 Å². The van der Waals surface area contributed by atoms with Gasteiger partial charge in [-0.1, -0.05) is 54.5 Å². The lowest BCUT2D eigenvalue weighted by Crippen LogP contribution is -2.39. The minimum absolute atomic E-state index is 0.201. The minimum atomic E-state index is -0.627. The van der Waals surface area contributed by atoms with E-state index in [1.165, 1.54) is 0 Å². The van der Waals surface area contributed by atoms with E-state index in [9.17, 15) is 9.59 Å². The van der Waals surface area contributed by atoms with Gasteiger partial charge in [-0.25, -0.2) is 9.69 Å². The Morgan fingerprint density at radius 2 is 1.74 bits per heavy atom. The first-order valence-corrected chi connectivity index (χ1v) is 7.35. The van der Waals surface area contributed by atoms with E-state index in [4.69, 9.17) is 4.74 Å². The predicted octanol–water partition coefficient (Wildman–Crippen LogP) is 2.63. The number of ether oxygens (including phenoxy) is 1. The summed E-state index contributed by atoms with van der Waals surface area (Å²) in [5, 5.41) is 0. The molecule has 23 heavy (non-hydrogen) atoms. The number of rotatable bonds is 2. The van der Waals surface area contributed by atoms with E-state index in [1.54, 1.807) is 0 Å². The maximum atomic E-state index is 12.3. The highest BCUT2D eigenvalue weighted by atomic mass is 16.6. The average molecular weight is 305 g/mol. The van der Waals surface area contributed by atoms with Crippen LogP contribution in [0.4, 0.5) is 4.79 Å². The highest BCUT2D eigenvalue weighted by Crippen LogP contribution is 2.17. The van der Waals surface area contributed by atoms with Gasteiger partial charge in [-0.3, -0.25) is 4.79 Å². The summed E-state index contributed by atoms with van der Waals surface area (Å²) in [5.41, 5.74) is 1.78. The van der Waals surface area contributed by atoms with Crippen molar-refractivity contribution in [3.8, 4) is 11.8 Å². The average Bonchev–Trinajstić information content (AvgIpc) is 2.95. The van der Waals surface area contributed by atoms with Crippen molar-refractivity contribution in [2.45, 2.75) is 12.5 Å². The van der Waals surface area contributed by atoms with Gasteiger partial charge in [0.2, 0.25) is 0 Å². The van der Waals surface area contributed by atoms with Gasteiger partial charge in [-0.05, 0) is 24.1 Å². The fourth-order valence-corrected chi connectivity index (χ4v) is 2.45. The molecule has 114 valence electrons. The van der Waals surface area contributed by atoms with E-state index >= 15 is 0 Å². The number of nitrogens with zero attached hydrogens (tertiary/aromatic N) is 1. The van der Waals surface area contributed by atoms with Crippen molar-refractivity contribution in [2.24, 2.45) is 0 Å². The Labute approximate surface area is 134 Å². The summed E-state index contributed by atoms with van der Waals surface area (Å²) < 4.78 is 5.02. The molecular formula is C19H15NO3. The molecule has 1 fully saturated rings. The lowest BCUT2D eigenvalue weighted by molar-refractivity contribution is -0.123. The Bertz CT molecular complexity index is 759. The van der Waals surface area contributed by atoms with Gasteiger partial charge >= 0.3 is 12.0 Å². The van der Waals surface area contributed by atoms with Crippen molar-refractivity contribution in [3.63, 3.8) is 0 Å². The maximum absolute atomic E-state index is 12.3. The van der Waals surface area contributed by atoms with Crippen LogP contribution < -0.4 is 0 Å². The summed E-state index contributed by atoms with van der Waals surface area (Å²) in [6.45, 7) is 0.201. The van der Waals surface area contributed by atoms with Crippen LogP contribution in [0.25, 0.3) is 0 Å². The molecule has 1 atom stereocenters. The number of carbonyl (C=O) groups excluding carboxylic acids is 2. The summed E-state index contributed by atoms with van der Waals surface area (Å²) >= 11 is 0. The SMILES string of the molecule is O=C(C#Cc1ccccc1)N1C(=O)OC[C@@H]1Cc1ccccc1. The standard InChI is InChI=1S/C19H15NO3/c21-18(12-11-15-7-3-1-4-8-15)20-17(14-23-19(20)22)13-16-9-5-2-6-10-16/h1-10,17H,13-14H2/t17-/m0/s1. The maximum Gasteiger partial charge on any atom is 0.417 e. The zero-order chi connectivity index (χ0) is 16.1. The van der Waals surface area contributed by atoms with Gasteiger partial charge in [0, 0.05) is 11.5 Å². The zero-order valence-electron chi connectivity index (χ0n) is 12.4. The molecule has 0 bridgehead atoms. The Balaban J connectivity index is 1.75. The van der Waals surface area contributed by atoms with Gasteiger partial charge in [-0.2, -0.15) is 0 Å². The third-order valence-corrected chi connectivity index (χ3v) is 3.58. The van der Waals surface area contributed by atoms with Crippen molar-refractivity contribution in [1.82, 2.24) is 4.90 Å². The largest absolute Gasteiger partial charge is 0.447 e. The molecule has 4 nitrogen and oxygen atoms in total. The van der Waals surface area contributed by atoms with Gasteiger partial charge in [0.05, 0.1) is 6.04 Å². The number of imide groups is 1. The molecular weight excluding hydrogens is 290 g/mol. The monoisotopic (exact) mass is 305 g/mol. The number of amides is 2. The van der Waals surface area contributed by atoms with Crippen LogP contribution in [0.5, 0.6) is 0 Å². The van der Waals surface area contributed by atoms with E-state index in [-0.39, 0.29) is 12.6 Å². The van der Waals surface area contributed by atoms with Crippen LogP contribution in [0.15, 0.2) is 60.7 Å². The summed E-state index contributed by atoms with van der Waals surface area (Å²) in [6, 6.07) is 18.6. The summed E-state index contributed by atoms with van der Waals surface area (Å²) in [7, 11) is 0. The molecule has 0 saturated carbocycles. The quantitative estimate of drug-likeness (QED) is 0.801. The predicted molar refractivity (Wildman–Crippen MR) is 85.4 cm³/mol. The van der Waals surface area contributed by atoms with Crippen LogP contribution in [-0.2, 0) is 16.0 Å². The van der Waals surface area contributed by atoms with Crippen LogP contribution in [0.3, 0.4) is 0 Å². The zero-order valence-corrected chi connectivity index (χ0v) is 12.4. The number of cyclic esters (lactones) is 1. The van der Waals surface area contributed by atoms with E-state index < -0.39 is 12.0 Å². The van der Waals surface area contributed by atoms with Crippen LogP contribution in [0, 0.1) is 11.8 Å². The van der Waals surface area contributed by atoms with E-state index in [2.05, 4.69) is 11.8 Å². The number of carbonyl (C=O) groups is 2. The molecule has 1 heterocycles. The Morgan fingerprint density at radius 1 is 1.09 bits per heavy atom.